The number of aromatic amines is 1. The predicted molar refractivity (Wildman–Crippen MR) is 73.9 cm³/mol. The third kappa shape index (κ3) is 2.23. The van der Waals surface area contributed by atoms with Crippen molar-refractivity contribution in [1.29, 1.82) is 0 Å². The molecule has 1 aromatic heterocycles. The lowest BCUT2D eigenvalue weighted by Gasteiger charge is -2.17. The van der Waals surface area contributed by atoms with E-state index in [1.54, 1.807) is 0 Å². The van der Waals surface area contributed by atoms with Crippen LogP contribution in [-0.2, 0) is 0 Å². The van der Waals surface area contributed by atoms with E-state index in [-0.39, 0.29) is 0 Å². The van der Waals surface area contributed by atoms with Gasteiger partial charge >= 0.3 is 0 Å². The van der Waals surface area contributed by atoms with E-state index >= 15 is 0 Å². The van der Waals surface area contributed by atoms with Crippen LogP contribution in [0.15, 0.2) is 6.20 Å². The first-order chi connectivity index (χ1) is 7.63. The van der Waals surface area contributed by atoms with Crippen molar-refractivity contribution in [3.05, 3.63) is 16.7 Å². The van der Waals surface area contributed by atoms with Gasteiger partial charge < -0.3 is 9.55 Å². The zero-order chi connectivity index (χ0) is 11.7. The number of hydrogen-bond acceptors (Lipinski definition) is 2. The number of hydrogen-bond donors (Lipinski definition) is 1. The van der Waals surface area contributed by atoms with Gasteiger partial charge in [-0.25, -0.2) is 0 Å². The molecule has 90 valence electrons. The molecule has 2 unspecified atom stereocenters. The minimum Gasteiger partial charge on any atom is -0.337 e. The van der Waals surface area contributed by atoms with Crippen molar-refractivity contribution in [2.45, 2.75) is 50.3 Å². The van der Waals surface area contributed by atoms with Crippen LogP contribution in [0.2, 0.25) is 0 Å². The van der Waals surface area contributed by atoms with Gasteiger partial charge in [0.15, 0.2) is 4.77 Å². The normalized spacial score (nSPS) is 25.5. The Bertz CT molecular complexity index is 405. The molecule has 1 aromatic rings. The molecule has 1 fully saturated rings. The zero-order valence-corrected chi connectivity index (χ0v) is 11.8. The van der Waals surface area contributed by atoms with Gasteiger partial charge in [-0.1, -0.05) is 13.8 Å². The fourth-order valence-corrected chi connectivity index (χ4v) is 3.68. The molecule has 0 bridgehead atoms. The molecule has 2 atom stereocenters. The molecule has 2 nitrogen and oxygen atoms in total. The molecule has 1 heterocycles. The van der Waals surface area contributed by atoms with Crippen molar-refractivity contribution in [2.75, 3.05) is 6.26 Å². The SMILES string of the molecule is CSC1CCC(n2c(C(C)C)c[nH]c2=S)C1. The molecule has 1 saturated carbocycles. The summed E-state index contributed by atoms with van der Waals surface area (Å²) in [5, 5.41) is 0.821. The number of nitrogens with zero attached hydrogens (tertiary/aromatic N) is 1. The zero-order valence-electron chi connectivity index (χ0n) is 10.2. The van der Waals surface area contributed by atoms with Crippen LogP contribution < -0.4 is 0 Å². The monoisotopic (exact) mass is 256 g/mol. The second kappa shape index (κ2) is 4.96. The summed E-state index contributed by atoms with van der Waals surface area (Å²) in [5.74, 6) is 0.543. The van der Waals surface area contributed by atoms with Crippen LogP contribution in [0.1, 0.15) is 50.8 Å². The van der Waals surface area contributed by atoms with Crippen molar-refractivity contribution >= 4 is 24.0 Å². The maximum atomic E-state index is 5.40. The van der Waals surface area contributed by atoms with Crippen molar-refractivity contribution in [2.24, 2.45) is 0 Å². The Labute approximate surface area is 107 Å². The first-order valence-electron chi connectivity index (χ1n) is 5.96. The van der Waals surface area contributed by atoms with Gasteiger partial charge in [-0.15, -0.1) is 0 Å². The van der Waals surface area contributed by atoms with Crippen molar-refractivity contribution < 1.29 is 0 Å². The summed E-state index contributed by atoms with van der Waals surface area (Å²) in [5.41, 5.74) is 1.36. The molecule has 16 heavy (non-hydrogen) atoms. The first kappa shape index (κ1) is 12.2. The van der Waals surface area contributed by atoms with Gasteiger partial charge in [0, 0.05) is 23.2 Å². The number of aromatic nitrogens is 2. The van der Waals surface area contributed by atoms with Gasteiger partial charge in [-0.3, -0.25) is 0 Å². The Kier molecular flexibility index (Phi) is 3.80. The van der Waals surface area contributed by atoms with Gasteiger partial charge in [-0.05, 0) is 43.7 Å². The third-order valence-corrected chi connectivity index (χ3v) is 4.90. The highest BCUT2D eigenvalue weighted by Crippen LogP contribution is 2.37. The minimum atomic E-state index is 0.543. The van der Waals surface area contributed by atoms with Crippen molar-refractivity contribution in [3.63, 3.8) is 0 Å². The van der Waals surface area contributed by atoms with Gasteiger partial charge in [0.1, 0.15) is 0 Å². The second-order valence-electron chi connectivity index (χ2n) is 4.87. The highest BCUT2D eigenvalue weighted by Gasteiger charge is 2.27. The Morgan fingerprint density at radius 1 is 1.50 bits per heavy atom. The Morgan fingerprint density at radius 3 is 2.81 bits per heavy atom. The van der Waals surface area contributed by atoms with E-state index in [1.165, 1.54) is 25.0 Å². The molecule has 0 saturated heterocycles. The fraction of sp³-hybridized carbons (Fsp3) is 0.750. The molecule has 1 aliphatic carbocycles. The van der Waals surface area contributed by atoms with E-state index in [1.807, 2.05) is 11.8 Å². The Morgan fingerprint density at radius 2 is 2.25 bits per heavy atom. The molecule has 2 rings (SSSR count). The standard InChI is InChI=1S/C12H20N2S2/c1-8(2)11-7-13-12(15)14(11)9-4-5-10(6-9)16-3/h7-10H,4-6H2,1-3H3,(H,13,15). The molecule has 0 amide bonds. The summed E-state index contributed by atoms with van der Waals surface area (Å²) in [6.07, 6.45) is 8.17. The van der Waals surface area contributed by atoms with Crippen molar-refractivity contribution in [1.82, 2.24) is 9.55 Å². The van der Waals surface area contributed by atoms with Gasteiger partial charge in [0.05, 0.1) is 0 Å². The lowest BCUT2D eigenvalue weighted by atomic mass is 10.1. The molecule has 0 aromatic carbocycles. The van der Waals surface area contributed by atoms with E-state index in [0.29, 0.717) is 12.0 Å². The van der Waals surface area contributed by atoms with Crippen LogP contribution in [0.4, 0.5) is 0 Å². The van der Waals surface area contributed by atoms with E-state index in [2.05, 4.69) is 35.9 Å². The van der Waals surface area contributed by atoms with Crippen LogP contribution in [-0.4, -0.2) is 21.1 Å². The lowest BCUT2D eigenvalue weighted by molar-refractivity contribution is 0.487. The first-order valence-corrected chi connectivity index (χ1v) is 7.65. The minimum absolute atomic E-state index is 0.543. The number of rotatable bonds is 3. The molecule has 1 N–H and O–H groups in total. The lowest BCUT2D eigenvalue weighted by Crippen LogP contribution is -2.10. The topological polar surface area (TPSA) is 20.7 Å². The average Bonchev–Trinajstić information content (AvgIpc) is 2.83. The largest absolute Gasteiger partial charge is 0.337 e. The van der Waals surface area contributed by atoms with Crippen LogP contribution in [0.5, 0.6) is 0 Å². The quantitative estimate of drug-likeness (QED) is 0.821. The Hall–Kier alpha value is -0.220. The summed E-state index contributed by atoms with van der Waals surface area (Å²) >= 11 is 7.40. The van der Waals surface area contributed by atoms with E-state index < -0.39 is 0 Å². The van der Waals surface area contributed by atoms with E-state index in [4.69, 9.17) is 12.2 Å². The van der Waals surface area contributed by atoms with Crippen LogP contribution in [0.3, 0.4) is 0 Å². The fourth-order valence-electron chi connectivity index (χ4n) is 2.58. The summed E-state index contributed by atoms with van der Waals surface area (Å²) in [6.45, 7) is 4.46. The van der Waals surface area contributed by atoms with Gasteiger partial charge in [-0.2, -0.15) is 11.8 Å². The second-order valence-corrected chi connectivity index (χ2v) is 6.39. The molecule has 0 spiro atoms. The third-order valence-electron chi connectivity index (χ3n) is 3.49. The van der Waals surface area contributed by atoms with Gasteiger partial charge in [0.25, 0.3) is 0 Å². The maximum absolute atomic E-state index is 5.40. The van der Waals surface area contributed by atoms with Crippen LogP contribution in [0.25, 0.3) is 0 Å². The van der Waals surface area contributed by atoms with Crippen LogP contribution in [0, 0.1) is 4.77 Å². The maximum Gasteiger partial charge on any atom is 0.177 e. The summed E-state index contributed by atoms with van der Waals surface area (Å²) < 4.78 is 3.26. The number of nitrogens with one attached hydrogen (secondary N) is 1. The van der Waals surface area contributed by atoms with E-state index in [0.717, 1.165) is 10.0 Å². The Balaban J connectivity index is 2.27. The summed E-state index contributed by atoms with van der Waals surface area (Å²) in [4.78, 5) is 3.20. The molecule has 0 aliphatic heterocycles. The van der Waals surface area contributed by atoms with E-state index in [9.17, 15) is 0 Å². The highest BCUT2D eigenvalue weighted by molar-refractivity contribution is 7.99. The smallest absolute Gasteiger partial charge is 0.177 e. The highest BCUT2D eigenvalue weighted by atomic mass is 32.2. The summed E-state index contributed by atoms with van der Waals surface area (Å²) in [7, 11) is 0. The summed E-state index contributed by atoms with van der Waals surface area (Å²) in [6, 6.07) is 0.619. The number of H-pyrrole nitrogens is 1. The number of thioether (sulfide) groups is 1. The molecular weight excluding hydrogens is 236 g/mol. The molecule has 0 radical (unpaired) electrons. The molecule has 1 aliphatic rings. The number of imidazole rings is 1. The predicted octanol–water partition coefficient (Wildman–Crippen LogP) is 4.13. The molecular formula is C12H20N2S2. The molecule has 4 heteroatoms. The average molecular weight is 256 g/mol. The van der Waals surface area contributed by atoms with Gasteiger partial charge in [0.2, 0.25) is 0 Å². The van der Waals surface area contributed by atoms with Crippen LogP contribution >= 0.6 is 24.0 Å². The van der Waals surface area contributed by atoms with Crippen molar-refractivity contribution in [3.8, 4) is 0 Å².